The van der Waals surface area contributed by atoms with Crippen LogP contribution in [0.15, 0.2) is 18.3 Å². The fourth-order valence-electron chi connectivity index (χ4n) is 1.82. The maximum Gasteiger partial charge on any atom is 0.171 e. The van der Waals surface area contributed by atoms with Gasteiger partial charge in [-0.1, -0.05) is 6.92 Å². The molecule has 0 radical (unpaired) electrons. The van der Waals surface area contributed by atoms with E-state index in [0.717, 1.165) is 43.7 Å². The fourth-order valence-corrected chi connectivity index (χ4v) is 1.82. The fraction of sp³-hybridized carbons (Fsp3) is 0.643. The Bertz CT molecular complexity index is 366. The molecule has 1 fully saturated rings. The molecule has 1 aromatic rings. The molecule has 1 saturated carbocycles. The summed E-state index contributed by atoms with van der Waals surface area (Å²) in [7, 11) is 2.07. The molecule has 0 amide bonds. The highest BCUT2D eigenvalue weighted by molar-refractivity contribution is 5.51. The molecule has 0 spiro atoms. The molecule has 2 rings (SSSR count). The van der Waals surface area contributed by atoms with Crippen LogP contribution in [0.4, 0.5) is 5.82 Å². The van der Waals surface area contributed by atoms with E-state index >= 15 is 0 Å². The van der Waals surface area contributed by atoms with E-state index in [1.807, 2.05) is 18.3 Å². The van der Waals surface area contributed by atoms with Gasteiger partial charge in [0.1, 0.15) is 0 Å². The predicted molar refractivity (Wildman–Crippen MR) is 74.3 cm³/mol. The van der Waals surface area contributed by atoms with Crippen LogP contribution >= 0.6 is 0 Å². The number of hydrogen-bond donors (Lipinski definition) is 1. The van der Waals surface area contributed by atoms with Gasteiger partial charge in [0.05, 0.1) is 6.61 Å². The second-order valence-corrected chi connectivity index (χ2v) is 4.82. The van der Waals surface area contributed by atoms with E-state index in [9.17, 15) is 0 Å². The van der Waals surface area contributed by atoms with E-state index in [1.165, 1.54) is 12.8 Å². The molecule has 1 N–H and O–H groups in total. The Labute approximate surface area is 109 Å². The summed E-state index contributed by atoms with van der Waals surface area (Å²) in [5.41, 5.74) is 0. The first kappa shape index (κ1) is 13.1. The summed E-state index contributed by atoms with van der Waals surface area (Å²) < 4.78 is 5.72. The highest BCUT2D eigenvalue weighted by atomic mass is 16.5. The average Bonchev–Trinajstić information content (AvgIpc) is 3.20. The van der Waals surface area contributed by atoms with Crippen LogP contribution in [-0.2, 0) is 0 Å². The maximum atomic E-state index is 5.72. The molecular formula is C14H23N3O. The maximum absolute atomic E-state index is 5.72. The van der Waals surface area contributed by atoms with Crippen LogP contribution in [0, 0.1) is 0 Å². The number of hydrogen-bond acceptors (Lipinski definition) is 4. The Morgan fingerprint density at radius 2 is 2.33 bits per heavy atom. The predicted octanol–water partition coefficient (Wildman–Crippen LogP) is 2.06. The van der Waals surface area contributed by atoms with Crippen molar-refractivity contribution >= 4 is 5.82 Å². The standard InChI is InChI=1S/C14H23N3O/c1-3-11-18-13-5-4-8-16-14(13)17(2)10-9-15-12-6-7-12/h4-5,8,12,15H,3,6-7,9-11H2,1-2H3. The van der Waals surface area contributed by atoms with Crippen LogP contribution in [-0.4, -0.2) is 37.8 Å². The van der Waals surface area contributed by atoms with Gasteiger partial charge in [-0.15, -0.1) is 0 Å². The highest BCUT2D eigenvalue weighted by Gasteiger charge is 2.20. The number of likely N-dealkylation sites (N-methyl/N-ethyl adjacent to an activating group) is 1. The molecule has 4 nitrogen and oxygen atoms in total. The van der Waals surface area contributed by atoms with Crippen molar-refractivity contribution in [2.24, 2.45) is 0 Å². The molecule has 4 heteroatoms. The number of aromatic nitrogens is 1. The zero-order chi connectivity index (χ0) is 12.8. The van der Waals surface area contributed by atoms with Crippen LogP contribution in [0.25, 0.3) is 0 Å². The van der Waals surface area contributed by atoms with Crippen LogP contribution < -0.4 is 15.0 Å². The molecule has 100 valence electrons. The Morgan fingerprint density at radius 3 is 3.06 bits per heavy atom. The molecular weight excluding hydrogens is 226 g/mol. The average molecular weight is 249 g/mol. The van der Waals surface area contributed by atoms with Crippen molar-refractivity contribution in [1.82, 2.24) is 10.3 Å². The number of rotatable bonds is 8. The number of anilines is 1. The summed E-state index contributed by atoms with van der Waals surface area (Å²) in [5, 5.41) is 3.51. The van der Waals surface area contributed by atoms with Gasteiger partial charge >= 0.3 is 0 Å². The summed E-state index contributed by atoms with van der Waals surface area (Å²) in [6.45, 7) is 4.81. The van der Waals surface area contributed by atoms with Gasteiger partial charge in [-0.3, -0.25) is 0 Å². The summed E-state index contributed by atoms with van der Waals surface area (Å²) in [4.78, 5) is 6.57. The third kappa shape index (κ3) is 3.88. The molecule has 1 aliphatic carbocycles. The quantitative estimate of drug-likeness (QED) is 0.765. The minimum atomic E-state index is 0.743. The van der Waals surface area contributed by atoms with Crippen LogP contribution in [0.1, 0.15) is 26.2 Å². The van der Waals surface area contributed by atoms with E-state index in [2.05, 4.69) is 29.2 Å². The summed E-state index contributed by atoms with van der Waals surface area (Å²) >= 11 is 0. The van der Waals surface area contributed by atoms with E-state index in [1.54, 1.807) is 0 Å². The summed E-state index contributed by atoms with van der Waals surface area (Å²) in [6, 6.07) is 4.67. The van der Waals surface area contributed by atoms with E-state index in [4.69, 9.17) is 4.74 Å². The Balaban J connectivity index is 1.87. The Hall–Kier alpha value is -1.29. The summed E-state index contributed by atoms with van der Waals surface area (Å²) in [5.74, 6) is 1.82. The van der Waals surface area contributed by atoms with Crippen molar-refractivity contribution in [3.8, 4) is 5.75 Å². The van der Waals surface area contributed by atoms with Gasteiger partial charge in [-0.05, 0) is 31.4 Å². The van der Waals surface area contributed by atoms with Crippen molar-refractivity contribution in [3.05, 3.63) is 18.3 Å². The lowest BCUT2D eigenvalue weighted by Crippen LogP contribution is -2.31. The first-order valence-corrected chi connectivity index (χ1v) is 6.83. The first-order chi connectivity index (χ1) is 8.81. The van der Waals surface area contributed by atoms with Crippen LogP contribution in [0.2, 0.25) is 0 Å². The van der Waals surface area contributed by atoms with Gasteiger partial charge in [0.15, 0.2) is 11.6 Å². The van der Waals surface area contributed by atoms with E-state index in [0.29, 0.717) is 0 Å². The molecule has 0 unspecified atom stereocenters. The Morgan fingerprint density at radius 1 is 1.50 bits per heavy atom. The topological polar surface area (TPSA) is 37.4 Å². The van der Waals surface area contributed by atoms with Crippen LogP contribution in [0.5, 0.6) is 5.75 Å². The van der Waals surface area contributed by atoms with Gasteiger partial charge in [-0.25, -0.2) is 4.98 Å². The molecule has 0 atom stereocenters. The molecule has 0 bridgehead atoms. The zero-order valence-electron chi connectivity index (χ0n) is 11.4. The third-order valence-electron chi connectivity index (χ3n) is 3.03. The van der Waals surface area contributed by atoms with Gasteiger partial charge in [0.2, 0.25) is 0 Å². The second-order valence-electron chi connectivity index (χ2n) is 4.82. The van der Waals surface area contributed by atoms with E-state index in [-0.39, 0.29) is 0 Å². The van der Waals surface area contributed by atoms with Crippen LogP contribution in [0.3, 0.4) is 0 Å². The highest BCUT2D eigenvalue weighted by Crippen LogP contribution is 2.24. The summed E-state index contributed by atoms with van der Waals surface area (Å²) in [6.07, 6.45) is 5.50. The monoisotopic (exact) mass is 249 g/mol. The van der Waals surface area contributed by atoms with Gasteiger partial charge < -0.3 is 15.0 Å². The molecule has 0 aliphatic heterocycles. The van der Waals surface area contributed by atoms with Crippen molar-refractivity contribution in [1.29, 1.82) is 0 Å². The van der Waals surface area contributed by atoms with Crippen molar-refractivity contribution in [2.75, 3.05) is 31.6 Å². The smallest absolute Gasteiger partial charge is 0.171 e. The van der Waals surface area contributed by atoms with Crippen molar-refractivity contribution in [3.63, 3.8) is 0 Å². The first-order valence-electron chi connectivity index (χ1n) is 6.83. The number of nitrogens with one attached hydrogen (secondary N) is 1. The molecule has 18 heavy (non-hydrogen) atoms. The van der Waals surface area contributed by atoms with Gasteiger partial charge in [0, 0.05) is 32.4 Å². The molecule has 0 saturated heterocycles. The number of pyridine rings is 1. The lowest BCUT2D eigenvalue weighted by Gasteiger charge is -2.21. The van der Waals surface area contributed by atoms with Gasteiger partial charge in [0.25, 0.3) is 0 Å². The Kier molecular flexibility index (Phi) is 4.81. The minimum Gasteiger partial charge on any atom is -0.490 e. The normalized spacial score (nSPS) is 14.6. The minimum absolute atomic E-state index is 0.743. The number of nitrogens with zero attached hydrogens (tertiary/aromatic N) is 2. The van der Waals surface area contributed by atoms with Gasteiger partial charge in [-0.2, -0.15) is 0 Å². The number of ether oxygens (including phenoxy) is 1. The van der Waals surface area contributed by atoms with Crippen molar-refractivity contribution in [2.45, 2.75) is 32.2 Å². The second kappa shape index (κ2) is 6.59. The SMILES string of the molecule is CCCOc1cccnc1N(C)CCNC1CC1. The third-order valence-corrected chi connectivity index (χ3v) is 3.03. The largest absolute Gasteiger partial charge is 0.490 e. The lowest BCUT2D eigenvalue weighted by molar-refractivity contribution is 0.316. The van der Waals surface area contributed by atoms with E-state index < -0.39 is 0 Å². The van der Waals surface area contributed by atoms with Crippen molar-refractivity contribution < 1.29 is 4.74 Å². The molecule has 1 aromatic heterocycles. The molecule has 1 heterocycles. The molecule has 0 aromatic carbocycles. The zero-order valence-corrected chi connectivity index (χ0v) is 11.4. The molecule has 1 aliphatic rings. The lowest BCUT2D eigenvalue weighted by atomic mass is 10.4.